The van der Waals surface area contributed by atoms with Gasteiger partial charge in [-0.15, -0.1) is 24.0 Å². The first-order chi connectivity index (χ1) is 12.1. The minimum Gasteiger partial charge on any atom is -0.493 e. The molecular formula is C19H26IN3O3. The summed E-state index contributed by atoms with van der Waals surface area (Å²) >= 11 is 0. The second-order valence-corrected chi connectivity index (χ2v) is 5.48. The highest BCUT2D eigenvalue weighted by Gasteiger charge is 2.04. The molecule has 0 bridgehead atoms. The first-order valence-corrected chi connectivity index (χ1v) is 8.06. The molecule has 0 aliphatic heterocycles. The second-order valence-electron chi connectivity index (χ2n) is 5.48. The Morgan fingerprint density at radius 3 is 2.54 bits per heavy atom. The number of aryl methyl sites for hydroxylation is 1. The molecule has 0 aliphatic carbocycles. The zero-order chi connectivity index (χ0) is 18.1. The lowest BCUT2D eigenvalue weighted by Gasteiger charge is -2.10. The number of halogens is 1. The summed E-state index contributed by atoms with van der Waals surface area (Å²) < 4.78 is 16.1. The van der Waals surface area contributed by atoms with Crippen molar-refractivity contribution < 1.29 is 14.2 Å². The highest BCUT2D eigenvalue weighted by Crippen LogP contribution is 2.27. The molecular weight excluding hydrogens is 445 g/mol. The maximum atomic E-state index is 5.88. The molecule has 3 N–H and O–H groups in total. The molecule has 0 fully saturated rings. The van der Waals surface area contributed by atoms with E-state index in [2.05, 4.69) is 10.3 Å². The van der Waals surface area contributed by atoms with Gasteiger partial charge in [0.25, 0.3) is 0 Å². The molecule has 0 amide bonds. The Morgan fingerprint density at radius 1 is 1.08 bits per heavy atom. The minimum atomic E-state index is 0. The summed E-state index contributed by atoms with van der Waals surface area (Å²) in [6.07, 6.45) is 0. The topological polar surface area (TPSA) is 78.1 Å². The number of guanidine groups is 1. The fraction of sp³-hybridized carbons (Fsp3) is 0.316. The van der Waals surface area contributed by atoms with Gasteiger partial charge in [0.15, 0.2) is 17.5 Å². The number of aliphatic imine (C=N–C) groups is 1. The third-order valence-electron chi connectivity index (χ3n) is 3.55. The molecule has 2 aromatic rings. The number of hydrogen-bond acceptors (Lipinski definition) is 4. The number of nitrogens with zero attached hydrogens (tertiary/aromatic N) is 1. The average molecular weight is 471 g/mol. The molecule has 142 valence electrons. The largest absolute Gasteiger partial charge is 0.493 e. The lowest BCUT2D eigenvalue weighted by Crippen LogP contribution is -2.34. The molecule has 0 radical (unpaired) electrons. The van der Waals surface area contributed by atoms with Crippen LogP contribution in [0.15, 0.2) is 47.5 Å². The standard InChI is InChI=1S/C19H25N3O3.HI/c1-14-5-4-6-16(11-14)25-10-9-21-19(20)22-13-15-7-8-17(23-2)18(12-15)24-3;/h4-8,11-12H,9-10,13H2,1-3H3,(H3,20,21,22);1H. The molecule has 0 heterocycles. The first-order valence-electron chi connectivity index (χ1n) is 8.06. The Hall–Kier alpha value is -2.16. The van der Waals surface area contributed by atoms with Gasteiger partial charge in [0.1, 0.15) is 12.4 Å². The van der Waals surface area contributed by atoms with E-state index in [9.17, 15) is 0 Å². The van der Waals surface area contributed by atoms with Crippen molar-refractivity contribution in [3.8, 4) is 17.2 Å². The lowest BCUT2D eigenvalue weighted by molar-refractivity contribution is 0.322. The molecule has 0 aromatic heterocycles. The van der Waals surface area contributed by atoms with Crippen molar-refractivity contribution >= 4 is 29.9 Å². The molecule has 7 heteroatoms. The Bertz CT molecular complexity index is 723. The predicted octanol–water partition coefficient (Wildman–Crippen LogP) is 3.11. The van der Waals surface area contributed by atoms with Crippen LogP contribution in [0.25, 0.3) is 0 Å². The molecule has 6 nitrogen and oxygen atoms in total. The van der Waals surface area contributed by atoms with Gasteiger partial charge in [0.05, 0.1) is 27.3 Å². The van der Waals surface area contributed by atoms with E-state index in [1.165, 1.54) is 5.56 Å². The summed E-state index contributed by atoms with van der Waals surface area (Å²) in [6.45, 7) is 3.58. The Kier molecular flexibility index (Phi) is 9.64. The van der Waals surface area contributed by atoms with Gasteiger partial charge in [-0.3, -0.25) is 0 Å². The molecule has 0 spiro atoms. The van der Waals surface area contributed by atoms with Crippen LogP contribution in [0.4, 0.5) is 0 Å². The van der Waals surface area contributed by atoms with Crippen molar-refractivity contribution in [1.29, 1.82) is 0 Å². The average Bonchev–Trinajstić information content (AvgIpc) is 2.63. The van der Waals surface area contributed by atoms with Crippen LogP contribution in [0.5, 0.6) is 17.2 Å². The van der Waals surface area contributed by atoms with Crippen molar-refractivity contribution in [3.05, 3.63) is 53.6 Å². The number of nitrogens with one attached hydrogen (secondary N) is 1. The van der Waals surface area contributed by atoms with Gasteiger partial charge in [-0.05, 0) is 42.3 Å². The van der Waals surface area contributed by atoms with Crippen molar-refractivity contribution in [2.45, 2.75) is 13.5 Å². The van der Waals surface area contributed by atoms with Crippen LogP contribution in [-0.2, 0) is 6.54 Å². The van der Waals surface area contributed by atoms with E-state index in [0.717, 1.165) is 11.3 Å². The van der Waals surface area contributed by atoms with E-state index in [0.29, 0.717) is 37.2 Å². The van der Waals surface area contributed by atoms with Crippen molar-refractivity contribution in [1.82, 2.24) is 5.32 Å². The number of ether oxygens (including phenoxy) is 3. The van der Waals surface area contributed by atoms with Crippen molar-refractivity contribution in [2.75, 3.05) is 27.4 Å². The number of methoxy groups -OCH3 is 2. The van der Waals surface area contributed by atoms with E-state index >= 15 is 0 Å². The molecule has 0 aliphatic rings. The molecule has 0 saturated carbocycles. The van der Waals surface area contributed by atoms with Crippen LogP contribution >= 0.6 is 24.0 Å². The summed E-state index contributed by atoms with van der Waals surface area (Å²) in [7, 11) is 3.21. The third-order valence-corrected chi connectivity index (χ3v) is 3.55. The normalized spacial score (nSPS) is 10.7. The molecule has 0 atom stereocenters. The number of hydrogen-bond donors (Lipinski definition) is 2. The van der Waals surface area contributed by atoms with Gasteiger partial charge < -0.3 is 25.3 Å². The van der Waals surface area contributed by atoms with Crippen LogP contribution < -0.4 is 25.3 Å². The van der Waals surface area contributed by atoms with Crippen LogP contribution in [0, 0.1) is 6.92 Å². The smallest absolute Gasteiger partial charge is 0.189 e. The molecule has 26 heavy (non-hydrogen) atoms. The first kappa shape index (κ1) is 21.9. The van der Waals surface area contributed by atoms with Crippen LogP contribution in [-0.4, -0.2) is 33.3 Å². The molecule has 0 unspecified atom stereocenters. The van der Waals surface area contributed by atoms with E-state index in [1.807, 2.05) is 49.4 Å². The summed E-state index contributed by atoms with van der Waals surface area (Å²) in [5.74, 6) is 2.59. The number of nitrogens with two attached hydrogens (primary N) is 1. The third kappa shape index (κ3) is 6.99. The highest BCUT2D eigenvalue weighted by atomic mass is 127. The SMILES string of the molecule is COc1ccc(CN=C(N)NCCOc2cccc(C)c2)cc1OC.I. The lowest BCUT2D eigenvalue weighted by atomic mass is 10.2. The Morgan fingerprint density at radius 2 is 1.85 bits per heavy atom. The molecule has 2 rings (SSSR count). The maximum Gasteiger partial charge on any atom is 0.189 e. The van der Waals surface area contributed by atoms with Gasteiger partial charge in [0, 0.05) is 0 Å². The summed E-state index contributed by atoms with van der Waals surface area (Å²) in [5, 5.41) is 3.04. The number of rotatable bonds is 8. The van der Waals surface area contributed by atoms with E-state index < -0.39 is 0 Å². The molecule has 2 aromatic carbocycles. The van der Waals surface area contributed by atoms with Gasteiger partial charge in [-0.1, -0.05) is 18.2 Å². The molecule has 0 saturated heterocycles. The van der Waals surface area contributed by atoms with E-state index in [1.54, 1.807) is 14.2 Å². The Labute approximate surface area is 171 Å². The summed E-state index contributed by atoms with van der Waals surface area (Å²) in [6, 6.07) is 13.6. The van der Waals surface area contributed by atoms with Crippen LogP contribution in [0.3, 0.4) is 0 Å². The van der Waals surface area contributed by atoms with E-state index in [-0.39, 0.29) is 24.0 Å². The van der Waals surface area contributed by atoms with Crippen LogP contribution in [0.1, 0.15) is 11.1 Å². The van der Waals surface area contributed by atoms with Crippen molar-refractivity contribution in [2.24, 2.45) is 10.7 Å². The zero-order valence-corrected chi connectivity index (χ0v) is 17.7. The zero-order valence-electron chi connectivity index (χ0n) is 15.3. The predicted molar refractivity (Wildman–Crippen MR) is 115 cm³/mol. The van der Waals surface area contributed by atoms with Gasteiger partial charge in [0.2, 0.25) is 0 Å². The van der Waals surface area contributed by atoms with Crippen molar-refractivity contribution in [3.63, 3.8) is 0 Å². The van der Waals surface area contributed by atoms with Gasteiger partial charge >= 0.3 is 0 Å². The van der Waals surface area contributed by atoms with Gasteiger partial charge in [-0.2, -0.15) is 0 Å². The second kappa shape index (κ2) is 11.5. The summed E-state index contributed by atoms with van der Waals surface area (Å²) in [5.41, 5.74) is 8.03. The maximum absolute atomic E-state index is 5.88. The van der Waals surface area contributed by atoms with Crippen LogP contribution in [0.2, 0.25) is 0 Å². The minimum absolute atomic E-state index is 0. The monoisotopic (exact) mass is 471 g/mol. The van der Waals surface area contributed by atoms with Gasteiger partial charge in [-0.25, -0.2) is 4.99 Å². The fourth-order valence-corrected chi connectivity index (χ4v) is 2.26. The highest BCUT2D eigenvalue weighted by molar-refractivity contribution is 14.0. The Balaban J connectivity index is 0.00000338. The summed E-state index contributed by atoms with van der Waals surface area (Å²) in [4.78, 5) is 4.32. The fourth-order valence-electron chi connectivity index (χ4n) is 2.26. The van der Waals surface area contributed by atoms with E-state index in [4.69, 9.17) is 19.9 Å². The quantitative estimate of drug-likeness (QED) is 0.268. The number of benzene rings is 2.